The number of hydrogen-bond acceptors (Lipinski definition) is 5. The summed E-state index contributed by atoms with van der Waals surface area (Å²) in [5, 5.41) is 6.36. The van der Waals surface area contributed by atoms with E-state index in [4.69, 9.17) is 23.8 Å². The van der Waals surface area contributed by atoms with Gasteiger partial charge in [-0.25, -0.2) is 15.0 Å². The fraction of sp³-hybridized carbons (Fsp3) is 0. The number of fused-ring (bicyclic) bond motifs is 10. The SMILES string of the molecule is c1ccc(-c2nc(-c3ccccc3)nc(-c3cccc4oc5ccc6oc7ccc(-n8c9ccccc9c9ccccc98)cc7c6c5c34)n2)cc1. The van der Waals surface area contributed by atoms with E-state index in [0.717, 1.165) is 77.3 Å². The minimum Gasteiger partial charge on any atom is -0.456 e. The van der Waals surface area contributed by atoms with Gasteiger partial charge in [-0.2, -0.15) is 0 Å². The monoisotopic (exact) mass is 654 g/mol. The van der Waals surface area contributed by atoms with Crippen molar-refractivity contribution >= 4 is 65.7 Å². The number of nitrogens with zero attached hydrogens (tertiary/aromatic N) is 4. The van der Waals surface area contributed by atoms with Crippen molar-refractivity contribution in [1.82, 2.24) is 19.5 Å². The minimum atomic E-state index is 0.576. The first-order valence-electron chi connectivity index (χ1n) is 16.9. The highest BCUT2D eigenvalue weighted by Crippen LogP contribution is 2.44. The van der Waals surface area contributed by atoms with Crippen LogP contribution in [0.1, 0.15) is 0 Å². The van der Waals surface area contributed by atoms with Gasteiger partial charge in [-0.05, 0) is 48.5 Å². The first kappa shape index (κ1) is 27.9. The molecule has 0 saturated carbocycles. The molecule has 0 spiro atoms. The smallest absolute Gasteiger partial charge is 0.164 e. The molecule has 6 heteroatoms. The topological polar surface area (TPSA) is 69.9 Å². The van der Waals surface area contributed by atoms with Crippen LogP contribution in [0.3, 0.4) is 0 Å². The molecule has 0 saturated heterocycles. The summed E-state index contributed by atoms with van der Waals surface area (Å²) in [6.07, 6.45) is 0. The van der Waals surface area contributed by atoms with Gasteiger partial charge in [-0.1, -0.05) is 109 Å². The van der Waals surface area contributed by atoms with Crippen LogP contribution >= 0.6 is 0 Å². The summed E-state index contributed by atoms with van der Waals surface area (Å²) in [6.45, 7) is 0. The molecule has 6 nitrogen and oxygen atoms in total. The van der Waals surface area contributed by atoms with Gasteiger partial charge in [-0.3, -0.25) is 0 Å². The molecule has 0 amide bonds. The molecule has 0 fully saturated rings. The van der Waals surface area contributed by atoms with Crippen LogP contribution in [0.4, 0.5) is 0 Å². The van der Waals surface area contributed by atoms with Gasteiger partial charge in [0.25, 0.3) is 0 Å². The Balaban J connectivity index is 1.21. The van der Waals surface area contributed by atoms with Crippen molar-refractivity contribution in [3.05, 3.63) is 158 Å². The molecule has 4 aromatic heterocycles. The first-order valence-corrected chi connectivity index (χ1v) is 16.9. The number of para-hydroxylation sites is 2. The van der Waals surface area contributed by atoms with E-state index in [2.05, 4.69) is 77.4 Å². The quantitative estimate of drug-likeness (QED) is 0.189. The van der Waals surface area contributed by atoms with E-state index in [1.807, 2.05) is 84.9 Å². The second kappa shape index (κ2) is 10.7. The fourth-order valence-corrected chi connectivity index (χ4v) is 7.62. The van der Waals surface area contributed by atoms with Crippen LogP contribution in [0.15, 0.2) is 167 Å². The van der Waals surface area contributed by atoms with Gasteiger partial charge in [0.15, 0.2) is 17.5 Å². The molecule has 0 aliphatic rings. The molecule has 11 aromatic rings. The molecule has 0 radical (unpaired) electrons. The van der Waals surface area contributed by atoms with Crippen LogP contribution in [0.25, 0.3) is 106 Å². The van der Waals surface area contributed by atoms with Gasteiger partial charge in [0.05, 0.1) is 11.0 Å². The van der Waals surface area contributed by atoms with Crippen molar-refractivity contribution in [1.29, 1.82) is 0 Å². The number of furan rings is 2. The average Bonchev–Trinajstić information content (AvgIpc) is 3.87. The second-order valence-corrected chi connectivity index (χ2v) is 12.8. The van der Waals surface area contributed by atoms with Gasteiger partial charge in [0, 0.05) is 54.7 Å². The van der Waals surface area contributed by atoms with Crippen molar-refractivity contribution in [2.45, 2.75) is 0 Å². The normalized spacial score (nSPS) is 11.9. The summed E-state index contributed by atoms with van der Waals surface area (Å²) in [5.41, 5.74) is 9.21. The predicted molar refractivity (Wildman–Crippen MR) is 205 cm³/mol. The summed E-state index contributed by atoms with van der Waals surface area (Å²) >= 11 is 0. The van der Waals surface area contributed by atoms with Crippen molar-refractivity contribution in [2.75, 3.05) is 0 Å². The third-order valence-corrected chi connectivity index (χ3v) is 9.86. The summed E-state index contributed by atoms with van der Waals surface area (Å²) < 4.78 is 15.4. The number of benzene rings is 7. The largest absolute Gasteiger partial charge is 0.456 e. The highest BCUT2D eigenvalue weighted by atomic mass is 16.3. The molecule has 0 aliphatic carbocycles. The maximum Gasteiger partial charge on any atom is 0.164 e. The number of rotatable bonds is 4. The predicted octanol–water partition coefficient (Wildman–Crippen LogP) is 11.8. The van der Waals surface area contributed by atoms with Crippen molar-refractivity contribution in [3.63, 3.8) is 0 Å². The Morgan fingerprint density at radius 3 is 1.57 bits per heavy atom. The standard InChI is InChI=1S/C45H26N4O2/c1-3-12-27(13-4-1)43-46-44(28-14-5-2-6-15-28)48-45(47-43)32-18-11-21-37-40(32)42-39(51-37)25-24-38-41(42)33-26-29(22-23-36(33)50-38)49-34-19-9-7-16-30(34)31-17-8-10-20-35(31)49/h1-26H. The highest BCUT2D eigenvalue weighted by Gasteiger charge is 2.22. The van der Waals surface area contributed by atoms with Crippen LogP contribution in [-0.4, -0.2) is 19.5 Å². The van der Waals surface area contributed by atoms with Crippen LogP contribution < -0.4 is 0 Å². The molecule has 11 rings (SSSR count). The molecule has 7 aromatic carbocycles. The fourth-order valence-electron chi connectivity index (χ4n) is 7.62. The summed E-state index contributed by atoms with van der Waals surface area (Å²) in [7, 11) is 0. The molecule has 238 valence electrons. The van der Waals surface area contributed by atoms with Crippen molar-refractivity contribution in [3.8, 4) is 39.9 Å². The summed E-state index contributed by atoms with van der Waals surface area (Å²) in [5.74, 6) is 1.80. The third-order valence-electron chi connectivity index (χ3n) is 9.86. The maximum absolute atomic E-state index is 6.57. The minimum absolute atomic E-state index is 0.576. The third kappa shape index (κ3) is 4.20. The molecule has 0 N–H and O–H groups in total. The molecule has 0 atom stereocenters. The van der Waals surface area contributed by atoms with Crippen LogP contribution in [0.2, 0.25) is 0 Å². The lowest BCUT2D eigenvalue weighted by atomic mass is 10.0. The Labute approximate surface area is 290 Å². The highest BCUT2D eigenvalue weighted by molar-refractivity contribution is 6.28. The molecule has 0 bridgehead atoms. The lowest BCUT2D eigenvalue weighted by molar-refractivity contribution is 0.663. The van der Waals surface area contributed by atoms with Gasteiger partial charge >= 0.3 is 0 Å². The van der Waals surface area contributed by atoms with E-state index in [0.29, 0.717) is 17.5 Å². The summed E-state index contributed by atoms with van der Waals surface area (Å²) in [6, 6.07) is 53.8. The van der Waals surface area contributed by atoms with Gasteiger partial charge in [0.1, 0.15) is 22.3 Å². The van der Waals surface area contributed by atoms with E-state index in [-0.39, 0.29) is 0 Å². The summed E-state index contributed by atoms with van der Waals surface area (Å²) in [4.78, 5) is 15.1. The maximum atomic E-state index is 6.57. The van der Waals surface area contributed by atoms with Crippen LogP contribution in [0.5, 0.6) is 0 Å². The van der Waals surface area contributed by atoms with E-state index < -0.39 is 0 Å². The molecule has 51 heavy (non-hydrogen) atoms. The molecule has 0 aliphatic heterocycles. The van der Waals surface area contributed by atoms with Crippen molar-refractivity contribution in [2.24, 2.45) is 0 Å². The van der Waals surface area contributed by atoms with Crippen LogP contribution in [-0.2, 0) is 0 Å². The Kier molecular flexibility index (Phi) is 5.86. The van der Waals surface area contributed by atoms with Gasteiger partial charge in [0.2, 0.25) is 0 Å². The Bertz CT molecular complexity index is 3030. The average molecular weight is 655 g/mol. The molecular weight excluding hydrogens is 629 g/mol. The molecule has 0 unspecified atom stereocenters. The lowest BCUT2D eigenvalue weighted by Gasteiger charge is -2.09. The molecule has 4 heterocycles. The van der Waals surface area contributed by atoms with E-state index in [1.165, 1.54) is 10.8 Å². The van der Waals surface area contributed by atoms with E-state index in [1.54, 1.807) is 0 Å². The van der Waals surface area contributed by atoms with Gasteiger partial charge < -0.3 is 13.4 Å². The number of hydrogen-bond donors (Lipinski definition) is 0. The van der Waals surface area contributed by atoms with E-state index in [9.17, 15) is 0 Å². The lowest BCUT2D eigenvalue weighted by Crippen LogP contribution is -2.00. The van der Waals surface area contributed by atoms with Crippen LogP contribution in [0, 0.1) is 0 Å². The number of aromatic nitrogens is 4. The second-order valence-electron chi connectivity index (χ2n) is 12.8. The zero-order chi connectivity index (χ0) is 33.5. The molecular formula is C45H26N4O2. The zero-order valence-corrected chi connectivity index (χ0v) is 27.1. The first-order chi connectivity index (χ1) is 25.3. The Hall–Kier alpha value is -7.05. The van der Waals surface area contributed by atoms with Crippen molar-refractivity contribution < 1.29 is 8.83 Å². The van der Waals surface area contributed by atoms with Gasteiger partial charge in [-0.15, -0.1) is 0 Å². The Morgan fingerprint density at radius 1 is 0.373 bits per heavy atom. The Morgan fingerprint density at radius 2 is 0.902 bits per heavy atom. The van der Waals surface area contributed by atoms with E-state index >= 15 is 0 Å². The zero-order valence-electron chi connectivity index (χ0n) is 27.1.